The van der Waals surface area contributed by atoms with E-state index in [2.05, 4.69) is 4.42 Å². The molecule has 0 aliphatic heterocycles. The van der Waals surface area contributed by atoms with Crippen LogP contribution in [0.3, 0.4) is 0 Å². The lowest BCUT2D eigenvalue weighted by atomic mass is 10.2. The smallest absolute Gasteiger partial charge is 0.420 e. The third kappa shape index (κ3) is 3.54. The van der Waals surface area contributed by atoms with E-state index in [9.17, 15) is 27.2 Å². The molecule has 0 bridgehead atoms. The number of fused-ring (bicyclic) bond motifs is 1. The van der Waals surface area contributed by atoms with Gasteiger partial charge in [-0.2, -0.15) is 13.2 Å². The van der Waals surface area contributed by atoms with Crippen LogP contribution in [0.15, 0.2) is 21.3 Å². The number of nitrogens with zero attached hydrogens (tertiary/aromatic N) is 1. The van der Waals surface area contributed by atoms with Crippen molar-refractivity contribution in [2.45, 2.75) is 39.1 Å². The number of hydrogen-bond acceptors (Lipinski definition) is 4. The van der Waals surface area contributed by atoms with Crippen molar-refractivity contribution in [3.63, 3.8) is 0 Å². The Balaban J connectivity index is 2.54. The molecule has 0 radical (unpaired) electrons. The highest BCUT2D eigenvalue weighted by molar-refractivity contribution is 5.78. The predicted molar refractivity (Wildman–Crippen MR) is 71.3 cm³/mol. The normalized spacial score (nSPS) is 12.7. The summed E-state index contributed by atoms with van der Waals surface area (Å²) in [7, 11) is 0. The third-order valence-corrected chi connectivity index (χ3v) is 2.78. The van der Waals surface area contributed by atoms with Crippen LogP contribution in [-0.4, -0.2) is 16.1 Å². The first kappa shape index (κ1) is 17.0. The number of alkyl halides is 3. The molecule has 2 rings (SSSR count). The molecule has 0 saturated carbocycles. The maximum atomic E-state index is 14.1. The Kier molecular flexibility index (Phi) is 4.00. The van der Waals surface area contributed by atoms with E-state index in [1.807, 2.05) is 0 Å². The predicted octanol–water partition coefficient (Wildman–Crippen LogP) is 3.09. The van der Waals surface area contributed by atoms with E-state index in [1.165, 1.54) is 0 Å². The fraction of sp³-hybridized carbons (Fsp3) is 0.429. The van der Waals surface area contributed by atoms with Gasteiger partial charge in [0.2, 0.25) is 0 Å². The molecule has 0 amide bonds. The lowest BCUT2D eigenvalue weighted by Gasteiger charge is -2.19. The summed E-state index contributed by atoms with van der Waals surface area (Å²) in [6.07, 6.45) is -4.94. The van der Waals surface area contributed by atoms with Gasteiger partial charge in [0, 0.05) is 0 Å². The minimum absolute atomic E-state index is 0.385. The summed E-state index contributed by atoms with van der Waals surface area (Å²) in [4.78, 5) is 23.4. The topological polar surface area (TPSA) is 61.4 Å². The second-order valence-electron chi connectivity index (χ2n) is 5.81. The van der Waals surface area contributed by atoms with E-state index in [1.54, 1.807) is 20.8 Å². The van der Waals surface area contributed by atoms with E-state index in [0.29, 0.717) is 10.6 Å². The first-order valence-corrected chi connectivity index (χ1v) is 6.51. The molecule has 0 spiro atoms. The van der Waals surface area contributed by atoms with Crippen molar-refractivity contribution >= 4 is 17.1 Å². The molecule has 5 nitrogen and oxygen atoms in total. The van der Waals surface area contributed by atoms with Crippen LogP contribution in [-0.2, 0) is 22.3 Å². The van der Waals surface area contributed by atoms with Crippen LogP contribution in [0.1, 0.15) is 26.3 Å². The van der Waals surface area contributed by atoms with Crippen LogP contribution in [0.25, 0.3) is 11.1 Å². The second kappa shape index (κ2) is 5.39. The van der Waals surface area contributed by atoms with Gasteiger partial charge in [0.05, 0.1) is 5.56 Å². The van der Waals surface area contributed by atoms with Gasteiger partial charge in [0.15, 0.2) is 11.4 Å². The van der Waals surface area contributed by atoms with Crippen LogP contribution < -0.4 is 5.76 Å². The number of ether oxygens (including phenoxy) is 1. The van der Waals surface area contributed by atoms with E-state index in [4.69, 9.17) is 4.74 Å². The van der Waals surface area contributed by atoms with Crippen molar-refractivity contribution in [1.29, 1.82) is 0 Å². The van der Waals surface area contributed by atoms with E-state index >= 15 is 0 Å². The van der Waals surface area contributed by atoms with Crippen molar-refractivity contribution in [2.75, 3.05) is 0 Å². The van der Waals surface area contributed by atoms with E-state index in [-0.39, 0.29) is 5.58 Å². The number of hydrogen-bond donors (Lipinski definition) is 0. The summed E-state index contributed by atoms with van der Waals surface area (Å²) in [5.74, 6) is -3.73. The highest BCUT2D eigenvalue weighted by Crippen LogP contribution is 2.34. The lowest BCUT2D eigenvalue weighted by molar-refractivity contribution is -0.155. The maximum absolute atomic E-state index is 14.1. The number of carbonyl (C=O) groups is 1. The fourth-order valence-corrected chi connectivity index (χ4v) is 1.99. The molecular weight excluding hydrogens is 322 g/mol. The van der Waals surface area contributed by atoms with E-state index in [0.717, 1.165) is 6.07 Å². The molecule has 1 heterocycles. The average Bonchev–Trinajstić information content (AvgIpc) is 2.63. The quantitative estimate of drug-likeness (QED) is 0.625. The molecule has 0 saturated heterocycles. The Hall–Kier alpha value is -2.32. The van der Waals surface area contributed by atoms with Gasteiger partial charge >= 0.3 is 17.9 Å². The van der Waals surface area contributed by atoms with Gasteiger partial charge in [-0.1, -0.05) is 0 Å². The molecule has 23 heavy (non-hydrogen) atoms. The van der Waals surface area contributed by atoms with Crippen LogP contribution in [0, 0.1) is 5.82 Å². The molecule has 9 heteroatoms. The van der Waals surface area contributed by atoms with Crippen LogP contribution in [0.2, 0.25) is 0 Å². The largest absolute Gasteiger partial charge is 0.459 e. The van der Waals surface area contributed by atoms with Gasteiger partial charge in [-0.15, -0.1) is 0 Å². The number of aromatic nitrogens is 1. The summed E-state index contributed by atoms with van der Waals surface area (Å²) in [6.45, 7) is 3.96. The Morgan fingerprint density at radius 2 is 1.87 bits per heavy atom. The number of benzene rings is 1. The molecule has 0 unspecified atom stereocenters. The molecule has 0 fully saturated rings. The summed E-state index contributed by atoms with van der Waals surface area (Å²) in [6, 6.07) is 1.30. The maximum Gasteiger partial charge on any atom is 0.420 e. The molecular formula is C14H13F4NO4. The fourth-order valence-electron chi connectivity index (χ4n) is 1.99. The zero-order valence-electron chi connectivity index (χ0n) is 12.5. The zero-order valence-corrected chi connectivity index (χ0v) is 12.5. The highest BCUT2D eigenvalue weighted by atomic mass is 19.4. The Morgan fingerprint density at radius 3 is 2.39 bits per heavy atom. The molecule has 1 aromatic heterocycles. The van der Waals surface area contributed by atoms with Crippen molar-refractivity contribution in [2.24, 2.45) is 0 Å². The summed E-state index contributed by atoms with van der Waals surface area (Å²) >= 11 is 0. The number of halogens is 4. The number of oxazole rings is 1. The van der Waals surface area contributed by atoms with Crippen LogP contribution >= 0.6 is 0 Å². The molecule has 0 aliphatic carbocycles. The first-order valence-electron chi connectivity index (χ1n) is 6.51. The monoisotopic (exact) mass is 335 g/mol. The third-order valence-electron chi connectivity index (χ3n) is 2.78. The lowest BCUT2D eigenvalue weighted by Crippen LogP contribution is -2.29. The Bertz CT molecular complexity index is 811. The molecule has 0 atom stereocenters. The van der Waals surface area contributed by atoms with Gasteiger partial charge in [-0.25, -0.2) is 9.18 Å². The van der Waals surface area contributed by atoms with Gasteiger partial charge < -0.3 is 9.15 Å². The molecule has 2 aromatic rings. The number of rotatable bonds is 2. The van der Waals surface area contributed by atoms with Crippen LogP contribution in [0.4, 0.5) is 17.6 Å². The van der Waals surface area contributed by atoms with Crippen molar-refractivity contribution < 1.29 is 31.5 Å². The highest BCUT2D eigenvalue weighted by Gasteiger charge is 2.36. The minimum atomic E-state index is -4.94. The number of esters is 1. The van der Waals surface area contributed by atoms with Gasteiger partial charge in [0.25, 0.3) is 0 Å². The summed E-state index contributed by atoms with van der Waals surface area (Å²) in [5, 5.41) is 0. The van der Waals surface area contributed by atoms with Gasteiger partial charge in [-0.05, 0) is 32.9 Å². The van der Waals surface area contributed by atoms with Crippen molar-refractivity contribution in [3.05, 3.63) is 34.1 Å². The molecule has 126 valence electrons. The molecule has 0 aliphatic rings. The van der Waals surface area contributed by atoms with Crippen molar-refractivity contribution in [1.82, 2.24) is 4.57 Å². The van der Waals surface area contributed by atoms with Gasteiger partial charge in [-0.3, -0.25) is 9.36 Å². The molecule has 0 N–H and O–H groups in total. The Morgan fingerprint density at radius 1 is 1.26 bits per heavy atom. The van der Waals surface area contributed by atoms with Crippen LogP contribution in [0.5, 0.6) is 0 Å². The zero-order chi connectivity index (χ0) is 17.6. The average molecular weight is 335 g/mol. The Labute approximate surface area is 127 Å². The first-order chi connectivity index (χ1) is 10.4. The standard InChI is InChI=1S/C14H13F4NO4/c1-13(2,3)23-9(20)6-19-11-8(22-12(19)21)5-4-7(10(11)15)14(16,17)18/h4-5H,6H2,1-3H3. The summed E-state index contributed by atoms with van der Waals surface area (Å²) in [5.41, 5.74) is -3.53. The number of carbonyl (C=O) groups excluding carboxylic acids is 1. The second-order valence-corrected chi connectivity index (χ2v) is 5.81. The summed E-state index contributed by atoms with van der Waals surface area (Å²) < 4.78 is 62.5. The SMILES string of the molecule is CC(C)(C)OC(=O)Cn1c(=O)oc2ccc(C(F)(F)F)c(F)c21. The minimum Gasteiger partial charge on any atom is -0.459 e. The van der Waals surface area contributed by atoms with Gasteiger partial charge in [0.1, 0.15) is 17.7 Å². The van der Waals surface area contributed by atoms with E-state index < -0.39 is 46.9 Å². The molecule has 1 aromatic carbocycles. The van der Waals surface area contributed by atoms with Crippen molar-refractivity contribution in [3.8, 4) is 0 Å².